The van der Waals surface area contributed by atoms with Crippen LogP contribution in [0.5, 0.6) is 5.75 Å². The van der Waals surface area contributed by atoms with E-state index >= 15 is 0 Å². The van der Waals surface area contributed by atoms with E-state index in [2.05, 4.69) is 43.3 Å². The summed E-state index contributed by atoms with van der Waals surface area (Å²) in [7, 11) is 1.67. The maximum Gasteiger partial charge on any atom is 0.177 e. The zero-order chi connectivity index (χ0) is 21.5. The molecule has 2 aromatic rings. The van der Waals surface area contributed by atoms with Crippen LogP contribution in [-0.4, -0.2) is 20.3 Å². The molecule has 3 rings (SSSR count). The molecule has 0 N–H and O–H groups in total. The zero-order valence-corrected chi connectivity index (χ0v) is 18.8. The van der Waals surface area contributed by atoms with E-state index < -0.39 is 5.60 Å². The summed E-state index contributed by atoms with van der Waals surface area (Å²) in [4.78, 5) is 0. The monoisotopic (exact) mass is 396 g/mol. The molecule has 158 valence electrons. The van der Waals surface area contributed by atoms with Crippen LogP contribution in [0.4, 0.5) is 0 Å². The molecule has 29 heavy (non-hydrogen) atoms. The van der Waals surface area contributed by atoms with Gasteiger partial charge in [-0.05, 0) is 24.3 Å². The van der Waals surface area contributed by atoms with Crippen molar-refractivity contribution in [3.05, 3.63) is 89.7 Å². The normalized spacial score (nSPS) is 17.0. The van der Waals surface area contributed by atoms with Gasteiger partial charge in [0, 0.05) is 24.7 Å². The van der Waals surface area contributed by atoms with Crippen molar-refractivity contribution in [1.82, 2.24) is 0 Å². The minimum absolute atomic E-state index is 0.540. The number of allylic oxidation sites excluding steroid dienone is 3. The third-order valence-corrected chi connectivity index (χ3v) is 4.30. The first-order valence-corrected chi connectivity index (χ1v) is 10.6. The van der Waals surface area contributed by atoms with Gasteiger partial charge in [-0.15, -0.1) is 0 Å². The van der Waals surface area contributed by atoms with Crippen molar-refractivity contribution in [1.29, 1.82) is 0 Å². The average molecular weight is 397 g/mol. The first-order chi connectivity index (χ1) is 14.3. The SMILES string of the molecule is CC.CC.CCC1=CC=CC(c2ccccc2)(c2ccc(OCCOC)cc2)O1. The van der Waals surface area contributed by atoms with Crippen LogP contribution in [0, 0.1) is 0 Å². The lowest BCUT2D eigenvalue weighted by Gasteiger charge is -2.35. The van der Waals surface area contributed by atoms with Crippen molar-refractivity contribution in [2.75, 3.05) is 20.3 Å². The molecule has 0 aliphatic carbocycles. The highest BCUT2D eigenvalue weighted by molar-refractivity contribution is 5.45. The van der Waals surface area contributed by atoms with Crippen LogP contribution in [0.15, 0.2) is 78.6 Å². The van der Waals surface area contributed by atoms with Gasteiger partial charge in [0.2, 0.25) is 0 Å². The highest BCUT2D eigenvalue weighted by Crippen LogP contribution is 2.40. The summed E-state index contributed by atoms with van der Waals surface area (Å²) in [5, 5.41) is 0. The van der Waals surface area contributed by atoms with Gasteiger partial charge in [0.25, 0.3) is 0 Å². The predicted octanol–water partition coefficient (Wildman–Crippen LogP) is 6.89. The molecule has 0 saturated heterocycles. The number of ether oxygens (including phenoxy) is 3. The lowest BCUT2D eigenvalue weighted by molar-refractivity contribution is 0.0701. The molecule has 1 aliphatic heterocycles. The summed E-state index contributed by atoms with van der Waals surface area (Å²) in [5.41, 5.74) is 1.58. The Bertz CT molecular complexity index is 732. The van der Waals surface area contributed by atoms with Crippen molar-refractivity contribution in [2.45, 2.75) is 46.6 Å². The van der Waals surface area contributed by atoms with E-state index in [1.807, 2.05) is 64.1 Å². The second-order valence-corrected chi connectivity index (χ2v) is 5.92. The molecule has 2 aromatic carbocycles. The second kappa shape index (κ2) is 13.6. The summed E-state index contributed by atoms with van der Waals surface area (Å²) >= 11 is 0. The van der Waals surface area contributed by atoms with E-state index in [1.165, 1.54) is 0 Å². The lowest BCUT2D eigenvalue weighted by atomic mass is 9.84. The number of hydrogen-bond donors (Lipinski definition) is 0. The molecule has 1 unspecified atom stereocenters. The van der Waals surface area contributed by atoms with Crippen molar-refractivity contribution < 1.29 is 14.2 Å². The highest BCUT2D eigenvalue weighted by atomic mass is 16.5. The molecule has 0 bridgehead atoms. The van der Waals surface area contributed by atoms with Gasteiger partial charge in [-0.3, -0.25) is 0 Å². The Kier molecular flexibility index (Phi) is 11.5. The topological polar surface area (TPSA) is 27.7 Å². The molecule has 0 fully saturated rings. The molecule has 0 spiro atoms. The van der Waals surface area contributed by atoms with E-state index in [9.17, 15) is 0 Å². The summed E-state index contributed by atoms with van der Waals surface area (Å²) in [5.74, 6) is 1.81. The van der Waals surface area contributed by atoms with Crippen LogP contribution in [-0.2, 0) is 15.1 Å². The molecule has 0 saturated carbocycles. The van der Waals surface area contributed by atoms with Crippen LogP contribution in [0.1, 0.15) is 52.2 Å². The van der Waals surface area contributed by atoms with E-state index in [1.54, 1.807) is 7.11 Å². The van der Waals surface area contributed by atoms with Crippen LogP contribution in [0.25, 0.3) is 0 Å². The Balaban J connectivity index is 0.000000989. The molecule has 0 amide bonds. The van der Waals surface area contributed by atoms with Gasteiger partial charge in [-0.2, -0.15) is 0 Å². The number of hydrogen-bond acceptors (Lipinski definition) is 3. The van der Waals surface area contributed by atoms with Crippen LogP contribution >= 0.6 is 0 Å². The quantitative estimate of drug-likeness (QED) is 0.477. The third kappa shape index (κ3) is 6.50. The zero-order valence-electron chi connectivity index (χ0n) is 18.8. The minimum atomic E-state index is -0.605. The largest absolute Gasteiger partial charge is 0.491 e. The van der Waals surface area contributed by atoms with Crippen molar-refractivity contribution in [3.63, 3.8) is 0 Å². The lowest BCUT2D eigenvalue weighted by Crippen LogP contribution is -2.30. The smallest absolute Gasteiger partial charge is 0.177 e. The molecule has 3 nitrogen and oxygen atoms in total. The Labute approximate surface area is 177 Å². The number of benzene rings is 2. The van der Waals surface area contributed by atoms with E-state index in [4.69, 9.17) is 14.2 Å². The maximum absolute atomic E-state index is 6.45. The molecule has 3 heteroatoms. The minimum Gasteiger partial charge on any atom is -0.491 e. The van der Waals surface area contributed by atoms with Gasteiger partial charge in [-0.1, -0.05) is 83.2 Å². The summed E-state index contributed by atoms with van der Waals surface area (Å²) in [6.45, 7) is 11.2. The first-order valence-electron chi connectivity index (χ1n) is 10.6. The van der Waals surface area contributed by atoms with Crippen molar-refractivity contribution >= 4 is 0 Å². The van der Waals surface area contributed by atoms with Gasteiger partial charge in [0.15, 0.2) is 5.60 Å². The molecular weight excluding hydrogens is 360 g/mol. The van der Waals surface area contributed by atoms with Crippen molar-refractivity contribution in [2.24, 2.45) is 0 Å². The van der Waals surface area contributed by atoms with E-state index in [0.29, 0.717) is 13.2 Å². The third-order valence-electron chi connectivity index (χ3n) is 4.30. The van der Waals surface area contributed by atoms with Gasteiger partial charge < -0.3 is 14.2 Å². The fourth-order valence-corrected chi connectivity index (χ4v) is 2.96. The Morgan fingerprint density at radius 1 is 0.828 bits per heavy atom. The fraction of sp³-hybridized carbons (Fsp3) is 0.385. The number of methoxy groups -OCH3 is 1. The summed E-state index contributed by atoms with van der Waals surface area (Å²) < 4.78 is 17.1. The number of rotatable bonds is 7. The van der Waals surface area contributed by atoms with Gasteiger partial charge in [0.05, 0.1) is 12.4 Å². The highest BCUT2D eigenvalue weighted by Gasteiger charge is 2.35. The summed E-state index contributed by atoms with van der Waals surface area (Å²) in [6, 6.07) is 18.4. The Morgan fingerprint density at radius 2 is 1.45 bits per heavy atom. The van der Waals surface area contributed by atoms with Gasteiger partial charge >= 0.3 is 0 Å². The van der Waals surface area contributed by atoms with Crippen LogP contribution in [0.3, 0.4) is 0 Å². The van der Waals surface area contributed by atoms with Crippen LogP contribution in [0.2, 0.25) is 0 Å². The van der Waals surface area contributed by atoms with Gasteiger partial charge in [-0.25, -0.2) is 0 Å². The van der Waals surface area contributed by atoms with Gasteiger partial charge in [0.1, 0.15) is 12.4 Å². The van der Waals surface area contributed by atoms with E-state index in [-0.39, 0.29) is 0 Å². The molecule has 0 radical (unpaired) electrons. The summed E-state index contributed by atoms with van der Waals surface area (Å²) in [6.07, 6.45) is 7.08. The first kappa shape index (κ1) is 24.5. The predicted molar refractivity (Wildman–Crippen MR) is 122 cm³/mol. The Hall–Kier alpha value is -2.52. The molecule has 1 aliphatic rings. The van der Waals surface area contributed by atoms with Crippen LogP contribution < -0.4 is 4.74 Å². The average Bonchev–Trinajstić information content (AvgIpc) is 2.83. The molecular formula is C26H36O3. The maximum atomic E-state index is 6.45. The van der Waals surface area contributed by atoms with Crippen molar-refractivity contribution in [3.8, 4) is 5.75 Å². The molecule has 1 atom stereocenters. The standard InChI is InChI=1S/C22H24O3.2C2H6/c1-3-20-10-7-15-22(25-20,18-8-5-4-6-9-18)19-11-13-21(14-12-19)24-17-16-23-2;2*1-2/h4-15H,3,16-17H2,1-2H3;2*1-2H3. The second-order valence-electron chi connectivity index (χ2n) is 5.92. The molecule has 0 aromatic heterocycles. The molecule has 1 heterocycles. The fourth-order valence-electron chi connectivity index (χ4n) is 2.96. The van der Waals surface area contributed by atoms with E-state index in [0.717, 1.165) is 29.1 Å². The Morgan fingerprint density at radius 3 is 2.03 bits per heavy atom.